The fourth-order valence-electron chi connectivity index (χ4n) is 3.14. The Bertz CT molecular complexity index is 917. The molecule has 0 bridgehead atoms. The van der Waals surface area contributed by atoms with Crippen molar-refractivity contribution in [2.45, 2.75) is 39.6 Å². The lowest BCUT2D eigenvalue weighted by atomic mass is 10.1. The number of hydrogen-bond donors (Lipinski definition) is 1. The van der Waals surface area contributed by atoms with Crippen molar-refractivity contribution in [2.75, 3.05) is 5.75 Å². The van der Waals surface area contributed by atoms with Gasteiger partial charge in [-0.3, -0.25) is 9.48 Å². The van der Waals surface area contributed by atoms with Crippen molar-refractivity contribution >= 4 is 17.7 Å². The second-order valence-electron chi connectivity index (χ2n) is 6.81. The quantitative estimate of drug-likeness (QED) is 0.602. The molecule has 1 N–H and O–H groups in total. The van der Waals surface area contributed by atoms with Gasteiger partial charge in [-0.15, -0.1) is 0 Å². The number of aryl methyl sites for hydroxylation is 1. The van der Waals surface area contributed by atoms with Gasteiger partial charge in [-0.05, 0) is 42.9 Å². The van der Waals surface area contributed by atoms with Crippen molar-refractivity contribution in [3.63, 3.8) is 0 Å². The summed E-state index contributed by atoms with van der Waals surface area (Å²) < 4.78 is 2.01. The first-order valence-electron chi connectivity index (χ1n) is 9.60. The Balaban J connectivity index is 1.63. The molecule has 0 aliphatic carbocycles. The van der Waals surface area contributed by atoms with E-state index in [1.54, 1.807) is 0 Å². The van der Waals surface area contributed by atoms with Gasteiger partial charge < -0.3 is 5.32 Å². The van der Waals surface area contributed by atoms with E-state index in [1.807, 2.05) is 65.8 Å². The molecule has 28 heavy (non-hydrogen) atoms. The van der Waals surface area contributed by atoms with Gasteiger partial charge in [-0.2, -0.15) is 16.9 Å². The number of nitrogens with one attached hydrogen (secondary N) is 1. The van der Waals surface area contributed by atoms with Gasteiger partial charge >= 0.3 is 0 Å². The van der Waals surface area contributed by atoms with Crippen LogP contribution in [-0.2, 0) is 18.8 Å². The zero-order chi connectivity index (χ0) is 19.9. The summed E-state index contributed by atoms with van der Waals surface area (Å²) in [5.74, 6) is 2.03. The van der Waals surface area contributed by atoms with Crippen LogP contribution in [0.4, 0.5) is 0 Å². The van der Waals surface area contributed by atoms with Crippen molar-refractivity contribution in [3.05, 3.63) is 88.2 Å². The SMILES string of the molecule is CCSCc1ccc(C(=O)NCc2c(C)nn(Cc3ccccc3)c2C)cc1. The molecule has 0 fully saturated rings. The van der Waals surface area contributed by atoms with E-state index in [2.05, 4.69) is 36.4 Å². The van der Waals surface area contributed by atoms with Gasteiger partial charge in [0, 0.05) is 29.1 Å². The highest BCUT2D eigenvalue weighted by Gasteiger charge is 2.13. The molecule has 3 rings (SSSR count). The Morgan fingerprint density at radius 1 is 1.04 bits per heavy atom. The summed E-state index contributed by atoms with van der Waals surface area (Å²) in [6.45, 7) is 7.43. The highest BCUT2D eigenvalue weighted by Crippen LogP contribution is 2.16. The summed E-state index contributed by atoms with van der Waals surface area (Å²) >= 11 is 1.88. The summed E-state index contributed by atoms with van der Waals surface area (Å²) in [5.41, 5.74) is 6.29. The van der Waals surface area contributed by atoms with Crippen molar-refractivity contribution in [1.29, 1.82) is 0 Å². The highest BCUT2D eigenvalue weighted by molar-refractivity contribution is 7.98. The summed E-state index contributed by atoms with van der Waals surface area (Å²) in [4.78, 5) is 12.5. The number of benzene rings is 2. The fourth-order valence-corrected chi connectivity index (χ4v) is 3.78. The highest BCUT2D eigenvalue weighted by atomic mass is 32.2. The van der Waals surface area contributed by atoms with Gasteiger partial charge in [0.15, 0.2) is 0 Å². The third-order valence-corrected chi connectivity index (χ3v) is 5.77. The van der Waals surface area contributed by atoms with E-state index in [-0.39, 0.29) is 5.91 Å². The Morgan fingerprint density at radius 2 is 1.75 bits per heavy atom. The minimum absolute atomic E-state index is 0.0516. The molecule has 2 aromatic carbocycles. The molecule has 1 amide bonds. The molecule has 146 valence electrons. The lowest BCUT2D eigenvalue weighted by Gasteiger charge is -2.08. The van der Waals surface area contributed by atoms with Crippen LogP contribution in [0.25, 0.3) is 0 Å². The smallest absolute Gasteiger partial charge is 0.251 e. The first-order valence-corrected chi connectivity index (χ1v) is 10.8. The van der Waals surface area contributed by atoms with Crippen molar-refractivity contribution in [1.82, 2.24) is 15.1 Å². The predicted molar refractivity (Wildman–Crippen MR) is 117 cm³/mol. The number of nitrogens with zero attached hydrogens (tertiary/aromatic N) is 2. The Labute approximate surface area is 171 Å². The maximum atomic E-state index is 12.5. The number of carbonyl (C=O) groups is 1. The second-order valence-corrected chi connectivity index (χ2v) is 8.08. The maximum Gasteiger partial charge on any atom is 0.251 e. The molecular formula is C23H27N3OS. The summed E-state index contributed by atoms with van der Waals surface area (Å²) in [6.07, 6.45) is 0. The molecule has 1 heterocycles. The van der Waals surface area contributed by atoms with Crippen LogP contribution in [0.15, 0.2) is 54.6 Å². The monoisotopic (exact) mass is 393 g/mol. The molecule has 0 aliphatic heterocycles. The largest absolute Gasteiger partial charge is 0.348 e. The van der Waals surface area contributed by atoms with Crippen molar-refractivity contribution < 1.29 is 4.79 Å². The number of aromatic nitrogens is 2. The van der Waals surface area contributed by atoms with Crippen LogP contribution in [-0.4, -0.2) is 21.4 Å². The van der Waals surface area contributed by atoms with E-state index < -0.39 is 0 Å². The lowest BCUT2D eigenvalue weighted by Crippen LogP contribution is -2.23. The number of hydrogen-bond acceptors (Lipinski definition) is 3. The molecule has 0 aliphatic rings. The summed E-state index contributed by atoms with van der Waals surface area (Å²) in [6, 6.07) is 18.2. The Morgan fingerprint density at radius 3 is 2.43 bits per heavy atom. The summed E-state index contributed by atoms with van der Waals surface area (Å²) in [7, 11) is 0. The fraction of sp³-hybridized carbons (Fsp3) is 0.304. The lowest BCUT2D eigenvalue weighted by molar-refractivity contribution is 0.0951. The van der Waals surface area contributed by atoms with Gasteiger partial charge in [0.2, 0.25) is 0 Å². The second kappa shape index (κ2) is 9.60. The van der Waals surface area contributed by atoms with E-state index in [4.69, 9.17) is 0 Å². The van der Waals surface area contributed by atoms with Gasteiger partial charge in [-0.25, -0.2) is 0 Å². The van der Waals surface area contributed by atoms with E-state index in [9.17, 15) is 4.79 Å². The van der Waals surface area contributed by atoms with Crippen LogP contribution in [0.2, 0.25) is 0 Å². The maximum absolute atomic E-state index is 12.5. The Kier molecular flexibility index (Phi) is 6.93. The molecule has 0 atom stereocenters. The molecular weight excluding hydrogens is 366 g/mol. The molecule has 4 nitrogen and oxygen atoms in total. The van der Waals surface area contributed by atoms with Crippen LogP contribution < -0.4 is 5.32 Å². The van der Waals surface area contributed by atoms with E-state index in [0.717, 1.165) is 35.0 Å². The van der Waals surface area contributed by atoms with Crippen LogP contribution in [0, 0.1) is 13.8 Å². The molecule has 0 saturated carbocycles. The molecule has 3 aromatic rings. The van der Waals surface area contributed by atoms with Crippen LogP contribution in [0.1, 0.15) is 45.4 Å². The van der Waals surface area contributed by atoms with Gasteiger partial charge in [-0.1, -0.05) is 49.4 Å². The molecule has 1 aromatic heterocycles. The molecule has 0 saturated heterocycles. The Hall–Kier alpha value is -2.53. The number of rotatable bonds is 8. The van der Waals surface area contributed by atoms with Gasteiger partial charge in [0.1, 0.15) is 0 Å². The van der Waals surface area contributed by atoms with E-state index >= 15 is 0 Å². The summed E-state index contributed by atoms with van der Waals surface area (Å²) in [5, 5.41) is 7.70. The van der Waals surface area contributed by atoms with Crippen LogP contribution in [0.3, 0.4) is 0 Å². The number of thioether (sulfide) groups is 1. The third-order valence-electron chi connectivity index (χ3n) is 4.82. The number of carbonyl (C=O) groups excluding carboxylic acids is 1. The van der Waals surface area contributed by atoms with Crippen molar-refractivity contribution in [2.24, 2.45) is 0 Å². The molecule has 0 unspecified atom stereocenters. The molecule has 0 radical (unpaired) electrons. The van der Waals surface area contributed by atoms with Gasteiger partial charge in [0.25, 0.3) is 5.91 Å². The zero-order valence-electron chi connectivity index (χ0n) is 16.7. The van der Waals surface area contributed by atoms with Crippen LogP contribution in [0.5, 0.6) is 0 Å². The van der Waals surface area contributed by atoms with Crippen molar-refractivity contribution in [3.8, 4) is 0 Å². The minimum Gasteiger partial charge on any atom is -0.348 e. The normalized spacial score (nSPS) is 10.8. The first-order chi connectivity index (χ1) is 13.6. The third kappa shape index (κ3) is 5.04. The first kappa shape index (κ1) is 20.2. The predicted octanol–water partition coefficient (Wildman–Crippen LogP) is 4.73. The molecule has 0 spiro atoms. The zero-order valence-corrected chi connectivity index (χ0v) is 17.6. The average Bonchev–Trinajstić information content (AvgIpc) is 2.98. The minimum atomic E-state index is -0.0516. The van der Waals surface area contributed by atoms with E-state index in [1.165, 1.54) is 11.1 Å². The topological polar surface area (TPSA) is 46.9 Å². The van der Waals surface area contributed by atoms with Crippen LogP contribution >= 0.6 is 11.8 Å². The number of amides is 1. The van der Waals surface area contributed by atoms with E-state index in [0.29, 0.717) is 12.1 Å². The van der Waals surface area contributed by atoms with Gasteiger partial charge in [0.05, 0.1) is 12.2 Å². The standard InChI is InChI=1S/C23H27N3OS/c1-4-28-16-20-10-12-21(13-11-20)23(27)24-14-22-17(2)25-26(18(22)3)15-19-8-6-5-7-9-19/h5-13H,4,14-16H2,1-3H3,(H,24,27). The molecule has 5 heteroatoms. The average molecular weight is 394 g/mol.